The number of hydrogen-bond donors (Lipinski definition) is 1. The minimum absolute atomic E-state index is 0.109. The molecule has 2 rings (SSSR count). The van der Waals surface area contributed by atoms with Crippen LogP contribution >= 0.6 is 0 Å². The minimum atomic E-state index is -0.637. The van der Waals surface area contributed by atoms with Crippen molar-refractivity contribution in [2.45, 2.75) is 44.1 Å². The minimum Gasteiger partial charge on any atom is -0.468 e. The molecule has 0 aromatic heterocycles. The molecule has 2 aliphatic rings. The summed E-state index contributed by atoms with van der Waals surface area (Å²) in [5.41, 5.74) is 5.51. The van der Waals surface area contributed by atoms with Crippen molar-refractivity contribution in [1.29, 1.82) is 0 Å². The fourth-order valence-electron chi connectivity index (χ4n) is 2.81. The van der Waals surface area contributed by atoms with Gasteiger partial charge in [-0.05, 0) is 19.3 Å². The summed E-state index contributed by atoms with van der Waals surface area (Å²) < 4.78 is 4.74. The predicted molar refractivity (Wildman–Crippen MR) is 49.1 cm³/mol. The van der Waals surface area contributed by atoms with Crippen molar-refractivity contribution in [3.05, 3.63) is 0 Å². The molecule has 2 aliphatic carbocycles. The zero-order chi connectivity index (χ0) is 9.53. The summed E-state index contributed by atoms with van der Waals surface area (Å²) in [6.07, 6.45) is 6.79. The van der Waals surface area contributed by atoms with Crippen molar-refractivity contribution in [1.82, 2.24) is 0 Å². The van der Waals surface area contributed by atoms with Gasteiger partial charge in [-0.15, -0.1) is 0 Å². The molecule has 0 radical (unpaired) electrons. The van der Waals surface area contributed by atoms with Crippen LogP contribution in [0.1, 0.15) is 38.5 Å². The second-order valence-corrected chi connectivity index (χ2v) is 4.48. The molecule has 1 atom stereocenters. The van der Waals surface area contributed by atoms with E-state index >= 15 is 0 Å². The Kier molecular flexibility index (Phi) is 1.88. The molecule has 13 heavy (non-hydrogen) atoms. The van der Waals surface area contributed by atoms with Gasteiger partial charge in [0.1, 0.15) is 5.54 Å². The molecule has 2 saturated carbocycles. The summed E-state index contributed by atoms with van der Waals surface area (Å²) in [5.74, 6) is -0.214. The van der Waals surface area contributed by atoms with Gasteiger partial charge in [0, 0.05) is 5.41 Å². The van der Waals surface area contributed by atoms with Crippen LogP contribution in [0.5, 0.6) is 0 Å². The number of carbonyl (C=O) groups is 1. The molecule has 0 unspecified atom stereocenters. The van der Waals surface area contributed by atoms with Gasteiger partial charge in [-0.1, -0.05) is 19.3 Å². The maximum Gasteiger partial charge on any atom is 0.326 e. The first-order chi connectivity index (χ1) is 6.15. The zero-order valence-electron chi connectivity index (χ0n) is 8.14. The topological polar surface area (TPSA) is 52.3 Å². The van der Waals surface area contributed by atoms with Crippen LogP contribution in [0.2, 0.25) is 0 Å². The highest BCUT2D eigenvalue weighted by Crippen LogP contribution is 2.63. The quantitative estimate of drug-likeness (QED) is 0.622. The third kappa shape index (κ3) is 1.10. The zero-order valence-corrected chi connectivity index (χ0v) is 8.14. The lowest BCUT2D eigenvalue weighted by atomic mass is 9.83. The Hall–Kier alpha value is -0.570. The monoisotopic (exact) mass is 183 g/mol. The fraction of sp³-hybridized carbons (Fsp3) is 0.900. The number of ether oxygens (including phenoxy) is 1. The van der Waals surface area contributed by atoms with Crippen LogP contribution in [0, 0.1) is 5.41 Å². The van der Waals surface area contributed by atoms with Gasteiger partial charge in [0.2, 0.25) is 0 Å². The highest BCUT2D eigenvalue weighted by Gasteiger charge is 2.69. The normalized spacial score (nSPS) is 35.8. The lowest BCUT2D eigenvalue weighted by Crippen LogP contribution is -2.41. The summed E-state index contributed by atoms with van der Waals surface area (Å²) in [4.78, 5) is 11.4. The van der Waals surface area contributed by atoms with Gasteiger partial charge in [0.05, 0.1) is 7.11 Å². The summed E-state index contributed by atoms with van der Waals surface area (Å²) in [6.45, 7) is 0. The standard InChI is InChI=1S/C10H17NO2/c1-13-8(12)10(11)7-9(10)5-3-2-4-6-9/h2-7,11H2,1H3/t10-/m0/s1. The fourth-order valence-corrected chi connectivity index (χ4v) is 2.81. The Morgan fingerprint density at radius 3 is 2.46 bits per heavy atom. The van der Waals surface area contributed by atoms with Gasteiger partial charge in [0.15, 0.2) is 0 Å². The van der Waals surface area contributed by atoms with Crippen molar-refractivity contribution in [2.75, 3.05) is 7.11 Å². The second-order valence-electron chi connectivity index (χ2n) is 4.48. The molecular weight excluding hydrogens is 166 g/mol. The molecule has 2 fully saturated rings. The Morgan fingerprint density at radius 2 is 1.92 bits per heavy atom. The molecule has 3 nitrogen and oxygen atoms in total. The van der Waals surface area contributed by atoms with E-state index in [1.54, 1.807) is 0 Å². The summed E-state index contributed by atoms with van der Waals surface area (Å²) in [5, 5.41) is 0. The van der Waals surface area contributed by atoms with Crippen molar-refractivity contribution in [3.63, 3.8) is 0 Å². The SMILES string of the molecule is COC(=O)[C@@]1(N)CC12CCCCC2. The molecule has 0 saturated heterocycles. The Labute approximate surface area is 78.6 Å². The molecule has 0 aliphatic heterocycles. The number of rotatable bonds is 1. The van der Waals surface area contributed by atoms with Gasteiger partial charge in [-0.2, -0.15) is 0 Å². The molecule has 0 aromatic rings. The molecule has 0 amide bonds. The molecule has 0 bridgehead atoms. The maximum atomic E-state index is 11.4. The van der Waals surface area contributed by atoms with Crippen LogP contribution in [-0.4, -0.2) is 18.6 Å². The molecule has 3 heteroatoms. The Bertz CT molecular complexity index is 233. The summed E-state index contributed by atoms with van der Waals surface area (Å²) in [6, 6.07) is 0. The highest BCUT2D eigenvalue weighted by molar-refractivity contribution is 5.86. The van der Waals surface area contributed by atoms with Crippen LogP contribution < -0.4 is 5.73 Å². The number of methoxy groups -OCH3 is 1. The van der Waals surface area contributed by atoms with E-state index < -0.39 is 5.54 Å². The Morgan fingerprint density at radius 1 is 1.31 bits per heavy atom. The molecule has 1 spiro atoms. The first kappa shape index (κ1) is 9.00. The van der Waals surface area contributed by atoms with Crippen molar-refractivity contribution in [2.24, 2.45) is 11.1 Å². The van der Waals surface area contributed by atoms with E-state index in [9.17, 15) is 4.79 Å². The Balaban J connectivity index is 2.09. The summed E-state index contributed by atoms with van der Waals surface area (Å²) in [7, 11) is 1.42. The van der Waals surface area contributed by atoms with Crippen molar-refractivity contribution in [3.8, 4) is 0 Å². The van der Waals surface area contributed by atoms with Gasteiger partial charge in [-0.3, -0.25) is 4.79 Å². The van der Waals surface area contributed by atoms with Crippen LogP contribution in [0.3, 0.4) is 0 Å². The number of hydrogen-bond acceptors (Lipinski definition) is 3. The number of nitrogens with two attached hydrogens (primary N) is 1. The maximum absolute atomic E-state index is 11.4. The van der Waals surface area contributed by atoms with E-state index in [0.717, 1.165) is 19.3 Å². The third-order valence-corrected chi connectivity index (χ3v) is 3.80. The van der Waals surface area contributed by atoms with E-state index in [2.05, 4.69) is 0 Å². The van der Waals surface area contributed by atoms with E-state index in [-0.39, 0.29) is 11.4 Å². The van der Waals surface area contributed by atoms with E-state index in [1.165, 1.54) is 26.4 Å². The second kappa shape index (κ2) is 2.71. The van der Waals surface area contributed by atoms with E-state index in [0.29, 0.717) is 0 Å². The summed E-state index contributed by atoms with van der Waals surface area (Å²) >= 11 is 0. The van der Waals surface area contributed by atoms with Crippen molar-refractivity contribution >= 4 is 5.97 Å². The highest BCUT2D eigenvalue weighted by atomic mass is 16.5. The third-order valence-electron chi connectivity index (χ3n) is 3.80. The van der Waals surface area contributed by atoms with Crippen LogP contribution in [0.4, 0.5) is 0 Å². The van der Waals surface area contributed by atoms with Crippen LogP contribution in [-0.2, 0) is 9.53 Å². The van der Waals surface area contributed by atoms with Gasteiger partial charge in [-0.25, -0.2) is 0 Å². The average molecular weight is 183 g/mol. The number of esters is 1. The number of carbonyl (C=O) groups excluding carboxylic acids is 1. The van der Waals surface area contributed by atoms with Gasteiger partial charge in [0.25, 0.3) is 0 Å². The van der Waals surface area contributed by atoms with Crippen LogP contribution in [0.15, 0.2) is 0 Å². The first-order valence-corrected chi connectivity index (χ1v) is 5.02. The molecule has 0 aromatic carbocycles. The molecule has 0 heterocycles. The molecule has 2 N–H and O–H groups in total. The predicted octanol–water partition coefficient (Wildman–Crippen LogP) is 1.21. The van der Waals surface area contributed by atoms with E-state index in [1.807, 2.05) is 0 Å². The molecule has 74 valence electrons. The lowest BCUT2D eigenvalue weighted by Gasteiger charge is -2.25. The van der Waals surface area contributed by atoms with E-state index in [4.69, 9.17) is 10.5 Å². The van der Waals surface area contributed by atoms with Gasteiger partial charge >= 0.3 is 5.97 Å². The molecular formula is C10H17NO2. The van der Waals surface area contributed by atoms with Crippen molar-refractivity contribution < 1.29 is 9.53 Å². The first-order valence-electron chi connectivity index (χ1n) is 5.02. The smallest absolute Gasteiger partial charge is 0.326 e. The lowest BCUT2D eigenvalue weighted by molar-refractivity contribution is -0.144. The van der Waals surface area contributed by atoms with Crippen LogP contribution in [0.25, 0.3) is 0 Å². The largest absolute Gasteiger partial charge is 0.468 e. The average Bonchev–Trinajstić information content (AvgIpc) is 2.72. The van der Waals surface area contributed by atoms with Gasteiger partial charge < -0.3 is 10.5 Å².